The van der Waals surface area contributed by atoms with E-state index in [2.05, 4.69) is 9.97 Å². The lowest BCUT2D eigenvalue weighted by atomic mass is 10.1. The number of fused-ring (bicyclic) bond motifs is 1. The number of carbonyl (C=O) groups excluding carboxylic acids is 2. The number of nitrogens with zero attached hydrogens (tertiary/aromatic N) is 4. The van der Waals surface area contributed by atoms with E-state index >= 15 is 0 Å². The molecule has 0 spiro atoms. The number of piperazine rings is 1. The predicted octanol–water partition coefficient (Wildman–Crippen LogP) is 3.15. The summed E-state index contributed by atoms with van der Waals surface area (Å²) in [5.41, 5.74) is 1.19. The predicted molar refractivity (Wildman–Crippen MR) is 110 cm³/mol. The summed E-state index contributed by atoms with van der Waals surface area (Å²) < 4.78 is 43.9. The van der Waals surface area contributed by atoms with Crippen molar-refractivity contribution in [2.45, 2.75) is 6.18 Å². The van der Waals surface area contributed by atoms with Crippen LogP contribution < -0.4 is 4.90 Å². The Kier molecular flexibility index (Phi) is 5.93. The molecule has 0 N–H and O–H groups in total. The summed E-state index contributed by atoms with van der Waals surface area (Å²) in [6.07, 6.45) is -1.35. The topological polar surface area (TPSA) is 75.6 Å². The summed E-state index contributed by atoms with van der Waals surface area (Å²) in [6, 6.07) is 9.86. The minimum absolute atomic E-state index is 0.264. The van der Waals surface area contributed by atoms with Gasteiger partial charge in [-0.2, -0.15) is 13.2 Å². The first-order chi connectivity index (χ1) is 15.3. The average Bonchev–Trinajstić information content (AvgIpc) is 2.81. The lowest BCUT2D eigenvalue weighted by molar-refractivity contribution is -0.137. The van der Waals surface area contributed by atoms with E-state index in [1.54, 1.807) is 35.4 Å². The van der Waals surface area contributed by atoms with Gasteiger partial charge in [0.1, 0.15) is 0 Å². The molecule has 3 aromatic rings. The Bertz CT molecular complexity index is 1140. The van der Waals surface area contributed by atoms with Gasteiger partial charge >= 0.3 is 12.1 Å². The second-order valence-electron chi connectivity index (χ2n) is 7.25. The average molecular weight is 444 g/mol. The fourth-order valence-electron chi connectivity index (χ4n) is 3.49. The van der Waals surface area contributed by atoms with E-state index in [4.69, 9.17) is 4.74 Å². The number of ether oxygens (including phenoxy) is 1. The van der Waals surface area contributed by atoms with E-state index in [0.29, 0.717) is 42.9 Å². The maximum atomic E-state index is 12.9. The zero-order valence-electron chi connectivity index (χ0n) is 16.9. The van der Waals surface area contributed by atoms with Gasteiger partial charge in [-0.1, -0.05) is 6.07 Å². The van der Waals surface area contributed by atoms with E-state index < -0.39 is 24.3 Å². The molecule has 2 aromatic carbocycles. The summed E-state index contributed by atoms with van der Waals surface area (Å²) in [5.74, 6) is -1.00. The van der Waals surface area contributed by atoms with Gasteiger partial charge in [0, 0.05) is 44.3 Å². The number of halogens is 3. The normalized spacial score (nSPS) is 14.5. The Labute approximate surface area is 181 Å². The van der Waals surface area contributed by atoms with Crippen LogP contribution in [0.1, 0.15) is 15.9 Å². The fraction of sp³-hybridized carbons (Fsp3) is 0.273. The standard InChI is InChI=1S/C22H19F3N4O3/c23-22(24,25)16-2-1-3-17(13-16)28-8-10-29(11-9-28)20(30)14-32-21(31)15-4-5-18-19(12-15)27-7-6-26-18/h1-7,12-13H,8-11,14H2. The number of aromatic nitrogens is 2. The lowest BCUT2D eigenvalue weighted by Gasteiger charge is -2.36. The van der Waals surface area contributed by atoms with Gasteiger partial charge in [0.05, 0.1) is 22.2 Å². The molecule has 166 valence electrons. The second-order valence-corrected chi connectivity index (χ2v) is 7.25. The molecule has 1 aliphatic rings. The molecular weight excluding hydrogens is 425 g/mol. The SMILES string of the molecule is O=C(OCC(=O)N1CCN(c2cccc(C(F)(F)F)c2)CC1)c1ccc2nccnc2c1. The highest BCUT2D eigenvalue weighted by molar-refractivity contribution is 5.94. The maximum Gasteiger partial charge on any atom is 0.416 e. The van der Waals surface area contributed by atoms with Crippen LogP contribution in [0.15, 0.2) is 54.9 Å². The highest BCUT2D eigenvalue weighted by atomic mass is 19.4. The highest BCUT2D eigenvalue weighted by Gasteiger charge is 2.31. The third kappa shape index (κ3) is 4.79. The molecule has 0 radical (unpaired) electrons. The van der Waals surface area contributed by atoms with Crippen LogP contribution in [-0.2, 0) is 15.7 Å². The Morgan fingerprint density at radius 1 is 0.938 bits per heavy atom. The molecule has 0 saturated carbocycles. The number of benzene rings is 2. The Hall–Kier alpha value is -3.69. The third-order valence-electron chi connectivity index (χ3n) is 5.20. The number of amides is 1. The molecule has 0 bridgehead atoms. The van der Waals surface area contributed by atoms with E-state index in [1.165, 1.54) is 17.2 Å². The van der Waals surface area contributed by atoms with Crippen molar-refractivity contribution in [2.24, 2.45) is 0 Å². The molecule has 4 rings (SSSR count). The molecule has 32 heavy (non-hydrogen) atoms. The van der Waals surface area contributed by atoms with Crippen LogP contribution in [0, 0.1) is 0 Å². The lowest BCUT2D eigenvalue weighted by Crippen LogP contribution is -2.50. The van der Waals surface area contributed by atoms with Crippen LogP contribution in [0.25, 0.3) is 11.0 Å². The minimum atomic E-state index is -4.41. The van der Waals surface area contributed by atoms with Crippen molar-refractivity contribution in [3.05, 3.63) is 66.0 Å². The van der Waals surface area contributed by atoms with Crippen molar-refractivity contribution in [3.63, 3.8) is 0 Å². The van der Waals surface area contributed by atoms with Gasteiger partial charge < -0.3 is 14.5 Å². The van der Waals surface area contributed by atoms with E-state index in [9.17, 15) is 22.8 Å². The number of hydrogen-bond donors (Lipinski definition) is 0. The molecule has 0 unspecified atom stereocenters. The summed E-state index contributed by atoms with van der Waals surface area (Å²) in [5, 5.41) is 0. The minimum Gasteiger partial charge on any atom is -0.452 e. The first-order valence-electron chi connectivity index (χ1n) is 9.89. The molecule has 1 amide bonds. The van der Waals surface area contributed by atoms with Gasteiger partial charge in [-0.15, -0.1) is 0 Å². The van der Waals surface area contributed by atoms with Crippen molar-refractivity contribution in [2.75, 3.05) is 37.7 Å². The maximum absolute atomic E-state index is 12.9. The molecule has 2 heterocycles. The van der Waals surface area contributed by atoms with Gasteiger partial charge in [0.15, 0.2) is 6.61 Å². The summed E-state index contributed by atoms with van der Waals surface area (Å²) in [4.78, 5) is 36.3. The van der Waals surface area contributed by atoms with Crippen LogP contribution >= 0.6 is 0 Å². The third-order valence-corrected chi connectivity index (χ3v) is 5.20. The van der Waals surface area contributed by atoms with Crippen LogP contribution in [0.3, 0.4) is 0 Å². The van der Waals surface area contributed by atoms with Crippen molar-refractivity contribution in [3.8, 4) is 0 Å². The highest BCUT2D eigenvalue weighted by Crippen LogP contribution is 2.31. The molecule has 0 aliphatic carbocycles. The molecular formula is C22H19F3N4O3. The molecule has 7 nitrogen and oxygen atoms in total. The van der Waals surface area contributed by atoms with Crippen LogP contribution in [-0.4, -0.2) is 59.5 Å². The van der Waals surface area contributed by atoms with Crippen LogP contribution in [0.5, 0.6) is 0 Å². The van der Waals surface area contributed by atoms with Crippen molar-refractivity contribution in [1.29, 1.82) is 0 Å². The van der Waals surface area contributed by atoms with Gasteiger partial charge in [0.2, 0.25) is 0 Å². The molecule has 1 aromatic heterocycles. The number of anilines is 1. The Balaban J connectivity index is 1.30. The van der Waals surface area contributed by atoms with Crippen LogP contribution in [0.4, 0.5) is 18.9 Å². The van der Waals surface area contributed by atoms with Gasteiger partial charge in [0.25, 0.3) is 5.91 Å². The van der Waals surface area contributed by atoms with Gasteiger partial charge in [-0.05, 0) is 36.4 Å². The molecule has 1 saturated heterocycles. The van der Waals surface area contributed by atoms with Crippen LogP contribution in [0.2, 0.25) is 0 Å². The number of alkyl halides is 3. The Morgan fingerprint density at radius 3 is 2.38 bits per heavy atom. The van der Waals surface area contributed by atoms with Crippen molar-refractivity contribution in [1.82, 2.24) is 14.9 Å². The smallest absolute Gasteiger partial charge is 0.416 e. The number of hydrogen-bond acceptors (Lipinski definition) is 6. The molecule has 1 fully saturated rings. The number of rotatable bonds is 4. The van der Waals surface area contributed by atoms with Crippen molar-refractivity contribution >= 4 is 28.6 Å². The monoisotopic (exact) mass is 444 g/mol. The second kappa shape index (κ2) is 8.81. The zero-order valence-corrected chi connectivity index (χ0v) is 16.9. The van der Waals surface area contributed by atoms with Gasteiger partial charge in [-0.3, -0.25) is 14.8 Å². The van der Waals surface area contributed by atoms with Crippen molar-refractivity contribution < 1.29 is 27.5 Å². The number of esters is 1. The molecule has 0 atom stereocenters. The first kappa shape index (κ1) is 21.5. The van der Waals surface area contributed by atoms with E-state index in [0.717, 1.165) is 12.1 Å². The van der Waals surface area contributed by atoms with Gasteiger partial charge in [-0.25, -0.2) is 4.79 Å². The summed E-state index contributed by atoms with van der Waals surface area (Å²) >= 11 is 0. The number of carbonyl (C=O) groups is 2. The molecule has 1 aliphatic heterocycles. The first-order valence-corrected chi connectivity index (χ1v) is 9.89. The Morgan fingerprint density at radius 2 is 1.66 bits per heavy atom. The van der Waals surface area contributed by atoms with E-state index in [-0.39, 0.29) is 11.5 Å². The molecule has 10 heteroatoms. The largest absolute Gasteiger partial charge is 0.452 e. The fourth-order valence-corrected chi connectivity index (χ4v) is 3.49. The van der Waals surface area contributed by atoms with E-state index in [1.807, 2.05) is 0 Å². The summed E-state index contributed by atoms with van der Waals surface area (Å²) in [6.45, 7) is 0.978. The quantitative estimate of drug-likeness (QED) is 0.576. The zero-order chi connectivity index (χ0) is 22.7. The summed E-state index contributed by atoms with van der Waals surface area (Å²) in [7, 11) is 0.